The zero-order valence-electron chi connectivity index (χ0n) is 28.1. The maximum Gasteiger partial charge on any atom is 0.336 e. The largest absolute Gasteiger partial charge is 0.478 e. The van der Waals surface area contributed by atoms with Crippen LogP contribution in [0.2, 0.25) is 0 Å². The zero-order chi connectivity index (χ0) is 33.2. The standard InChI is InChI=1S/C39H53NO4S2/c1-4-5-6-7-8-9-10-11-12-13-19-32(45-36-23-16-14-21-34(36)38(41)42)20-18-29-40(2,3)30-31-25-27-33(28-26-31)46-37-24-17-15-22-35(37)39(43)44/h14-17,21-28,32H,4-13,18-20,29-30H2,1-3H3,(H-,41,42,43,44)/p+1. The van der Waals surface area contributed by atoms with Crippen molar-refractivity contribution in [1.29, 1.82) is 0 Å². The number of quaternary nitrogens is 1. The van der Waals surface area contributed by atoms with Gasteiger partial charge in [-0.25, -0.2) is 9.59 Å². The van der Waals surface area contributed by atoms with Crippen molar-refractivity contribution in [3.8, 4) is 0 Å². The van der Waals surface area contributed by atoms with E-state index >= 15 is 0 Å². The smallest absolute Gasteiger partial charge is 0.336 e. The van der Waals surface area contributed by atoms with Gasteiger partial charge in [0.05, 0.1) is 31.8 Å². The van der Waals surface area contributed by atoms with Gasteiger partial charge in [-0.1, -0.05) is 119 Å². The third-order valence-electron chi connectivity index (χ3n) is 8.46. The molecule has 0 aromatic heterocycles. The van der Waals surface area contributed by atoms with Gasteiger partial charge in [-0.15, -0.1) is 11.8 Å². The average Bonchev–Trinajstić information content (AvgIpc) is 3.03. The molecular formula is C39H54NO4S2+. The van der Waals surface area contributed by atoms with Gasteiger partial charge in [-0.2, -0.15) is 0 Å². The number of hydrogen-bond acceptors (Lipinski definition) is 4. The van der Waals surface area contributed by atoms with E-state index in [1.165, 1.54) is 81.5 Å². The summed E-state index contributed by atoms with van der Waals surface area (Å²) < 4.78 is 0.871. The Bertz CT molecular complexity index is 1340. The van der Waals surface area contributed by atoms with E-state index in [0.29, 0.717) is 16.4 Å². The number of benzene rings is 3. The number of unbranched alkanes of at least 4 members (excludes halogenated alkanes) is 9. The van der Waals surface area contributed by atoms with Gasteiger partial charge in [0.15, 0.2) is 0 Å². The maximum absolute atomic E-state index is 11.9. The quantitative estimate of drug-likeness (QED) is 0.0597. The normalized spacial score (nSPS) is 12.2. The van der Waals surface area contributed by atoms with E-state index in [2.05, 4.69) is 45.3 Å². The van der Waals surface area contributed by atoms with Gasteiger partial charge in [0, 0.05) is 25.5 Å². The summed E-state index contributed by atoms with van der Waals surface area (Å²) in [4.78, 5) is 26.1. The first kappa shape index (κ1) is 37.7. The molecule has 7 heteroatoms. The highest BCUT2D eigenvalue weighted by molar-refractivity contribution is 8.00. The highest BCUT2D eigenvalue weighted by Crippen LogP contribution is 2.34. The van der Waals surface area contributed by atoms with Crippen LogP contribution in [-0.2, 0) is 6.54 Å². The Labute approximate surface area is 285 Å². The minimum atomic E-state index is -0.908. The molecule has 1 unspecified atom stereocenters. The summed E-state index contributed by atoms with van der Waals surface area (Å²) >= 11 is 3.24. The number of hydrogen-bond donors (Lipinski definition) is 2. The van der Waals surface area contributed by atoms with Gasteiger partial charge in [0.1, 0.15) is 6.54 Å². The molecule has 2 N–H and O–H groups in total. The van der Waals surface area contributed by atoms with Crippen LogP contribution >= 0.6 is 23.5 Å². The number of aromatic carboxylic acids is 2. The molecule has 46 heavy (non-hydrogen) atoms. The molecule has 5 nitrogen and oxygen atoms in total. The fourth-order valence-electron chi connectivity index (χ4n) is 5.89. The first-order valence-corrected chi connectivity index (χ1v) is 18.8. The lowest BCUT2D eigenvalue weighted by Crippen LogP contribution is -2.39. The third kappa shape index (κ3) is 13.9. The minimum Gasteiger partial charge on any atom is -0.478 e. The van der Waals surface area contributed by atoms with Crippen LogP contribution in [0.3, 0.4) is 0 Å². The van der Waals surface area contributed by atoms with E-state index in [4.69, 9.17) is 0 Å². The zero-order valence-corrected chi connectivity index (χ0v) is 29.7. The summed E-state index contributed by atoms with van der Waals surface area (Å²) in [7, 11) is 4.55. The van der Waals surface area contributed by atoms with Crippen molar-refractivity contribution >= 4 is 35.5 Å². The summed E-state index contributed by atoms with van der Waals surface area (Å²) in [6.45, 7) is 4.22. The second-order valence-corrected chi connectivity index (χ2v) is 15.5. The van der Waals surface area contributed by atoms with E-state index in [0.717, 1.165) is 51.5 Å². The van der Waals surface area contributed by atoms with E-state index in [1.807, 2.05) is 30.3 Å². The van der Waals surface area contributed by atoms with Crippen LogP contribution in [0.4, 0.5) is 0 Å². The Kier molecular flexibility index (Phi) is 16.8. The molecule has 0 radical (unpaired) electrons. The Morgan fingerprint density at radius 3 is 1.74 bits per heavy atom. The van der Waals surface area contributed by atoms with E-state index in [9.17, 15) is 19.8 Å². The SMILES string of the molecule is CCCCCCCCCCCCC(CCC[N+](C)(C)Cc1ccc(Sc2ccccc2C(=O)O)cc1)Sc1ccccc1C(=O)O. The molecule has 0 heterocycles. The highest BCUT2D eigenvalue weighted by Gasteiger charge is 2.20. The first-order valence-electron chi connectivity index (χ1n) is 17.1. The van der Waals surface area contributed by atoms with Crippen molar-refractivity contribution in [2.45, 2.75) is 117 Å². The lowest BCUT2D eigenvalue weighted by atomic mass is 10.0. The predicted molar refractivity (Wildman–Crippen MR) is 193 cm³/mol. The first-order chi connectivity index (χ1) is 22.2. The Morgan fingerprint density at radius 1 is 0.652 bits per heavy atom. The second-order valence-electron chi connectivity index (χ2n) is 13.0. The monoisotopic (exact) mass is 664 g/mol. The molecule has 3 aromatic carbocycles. The summed E-state index contributed by atoms with van der Waals surface area (Å²) in [6, 6.07) is 23.0. The molecule has 0 fully saturated rings. The average molecular weight is 665 g/mol. The topological polar surface area (TPSA) is 74.6 Å². The Balaban J connectivity index is 1.50. The molecule has 0 amide bonds. The Hall–Kier alpha value is -2.74. The molecule has 0 aliphatic rings. The van der Waals surface area contributed by atoms with Crippen molar-refractivity contribution in [3.05, 3.63) is 89.5 Å². The molecule has 0 bridgehead atoms. The van der Waals surface area contributed by atoms with Crippen molar-refractivity contribution in [3.63, 3.8) is 0 Å². The van der Waals surface area contributed by atoms with Crippen molar-refractivity contribution in [2.24, 2.45) is 0 Å². The van der Waals surface area contributed by atoms with Crippen LogP contribution in [0.5, 0.6) is 0 Å². The molecule has 250 valence electrons. The number of thioether (sulfide) groups is 1. The fraction of sp³-hybridized carbons (Fsp3) is 0.487. The van der Waals surface area contributed by atoms with E-state index < -0.39 is 11.9 Å². The minimum absolute atomic E-state index is 0.324. The van der Waals surface area contributed by atoms with Crippen molar-refractivity contribution in [1.82, 2.24) is 0 Å². The van der Waals surface area contributed by atoms with E-state index in [1.54, 1.807) is 30.0 Å². The van der Waals surface area contributed by atoms with Crippen molar-refractivity contribution < 1.29 is 24.3 Å². The number of rotatable bonds is 23. The van der Waals surface area contributed by atoms with Crippen LogP contribution in [0, 0.1) is 0 Å². The number of carbonyl (C=O) groups is 2. The molecular weight excluding hydrogens is 611 g/mol. The molecule has 0 saturated heterocycles. The van der Waals surface area contributed by atoms with Crippen LogP contribution in [0.1, 0.15) is 117 Å². The number of carboxylic acid groups (broad SMARTS) is 2. The van der Waals surface area contributed by atoms with Gasteiger partial charge in [-0.3, -0.25) is 0 Å². The number of nitrogens with zero attached hydrogens (tertiary/aromatic N) is 1. The summed E-state index contributed by atoms with van der Waals surface area (Å²) in [5.41, 5.74) is 1.99. The van der Waals surface area contributed by atoms with Crippen LogP contribution < -0.4 is 0 Å². The van der Waals surface area contributed by atoms with Gasteiger partial charge in [0.25, 0.3) is 0 Å². The van der Waals surface area contributed by atoms with Gasteiger partial charge < -0.3 is 14.7 Å². The van der Waals surface area contributed by atoms with Crippen LogP contribution in [-0.4, -0.2) is 52.5 Å². The third-order valence-corrected chi connectivity index (χ3v) is 11.0. The predicted octanol–water partition coefficient (Wildman–Crippen LogP) is 11.1. The number of carboxylic acids is 2. The van der Waals surface area contributed by atoms with Gasteiger partial charge >= 0.3 is 11.9 Å². The van der Waals surface area contributed by atoms with Crippen LogP contribution in [0.25, 0.3) is 0 Å². The summed E-state index contributed by atoms with van der Waals surface area (Å²) in [5.74, 6) is -1.76. The Morgan fingerprint density at radius 2 is 1.15 bits per heavy atom. The lowest BCUT2D eigenvalue weighted by Gasteiger charge is -2.30. The van der Waals surface area contributed by atoms with Gasteiger partial charge in [0.2, 0.25) is 0 Å². The summed E-state index contributed by atoms with van der Waals surface area (Å²) in [5, 5.41) is 19.7. The molecule has 0 spiro atoms. The lowest BCUT2D eigenvalue weighted by molar-refractivity contribution is -0.903. The van der Waals surface area contributed by atoms with Crippen molar-refractivity contribution in [2.75, 3.05) is 20.6 Å². The van der Waals surface area contributed by atoms with Gasteiger partial charge in [-0.05, 0) is 55.7 Å². The van der Waals surface area contributed by atoms with E-state index in [-0.39, 0.29) is 0 Å². The highest BCUT2D eigenvalue weighted by atomic mass is 32.2. The fourth-order valence-corrected chi connectivity index (χ4v) is 8.20. The maximum atomic E-state index is 11.9. The second kappa shape index (κ2) is 20.5. The molecule has 3 rings (SSSR count). The van der Waals surface area contributed by atoms with Crippen LogP contribution in [0.15, 0.2) is 87.5 Å². The molecule has 3 aromatic rings. The molecule has 0 aliphatic carbocycles. The molecule has 0 aliphatic heterocycles. The molecule has 0 saturated carbocycles. The molecule has 1 atom stereocenters. The summed E-state index contributed by atoms with van der Waals surface area (Å²) in [6.07, 6.45) is 16.5.